The third-order valence-corrected chi connectivity index (χ3v) is 11.2. The fraction of sp³-hybridized carbons (Fsp3) is 0. The quantitative estimate of drug-likeness (QED) is 0.163. The van der Waals surface area contributed by atoms with Gasteiger partial charge in [-0.25, -0.2) is 0 Å². The Balaban J connectivity index is 1.03. The normalized spacial score (nSPS) is 11.5. The molecular weight excluding hydrogens is 693 g/mol. The molecule has 0 aliphatic carbocycles. The summed E-state index contributed by atoms with van der Waals surface area (Å²) in [7, 11) is 0. The average molecular weight is 729 g/mol. The van der Waals surface area contributed by atoms with Crippen molar-refractivity contribution in [3.05, 3.63) is 218 Å². The molecule has 11 rings (SSSR count). The number of aromatic nitrogens is 1. The molecule has 3 nitrogen and oxygen atoms in total. The smallest absolute Gasteiger partial charge is 0.159 e. The summed E-state index contributed by atoms with van der Waals surface area (Å²) in [6.07, 6.45) is 0. The summed E-state index contributed by atoms with van der Waals surface area (Å²) in [5, 5.41) is 4.71. The summed E-state index contributed by atoms with van der Waals surface area (Å²) >= 11 is 0. The van der Waals surface area contributed by atoms with E-state index in [-0.39, 0.29) is 0 Å². The Labute approximate surface area is 330 Å². The highest BCUT2D eigenvalue weighted by Gasteiger charge is 2.20. The first-order valence-corrected chi connectivity index (χ1v) is 19.4. The molecule has 3 heteroatoms. The van der Waals surface area contributed by atoms with Gasteiger partial charge in [0, 0.05) is 38.5 Å². The predicted octanol–water partition coefficient (Wildman–Crippen LogP) is 15.2. The molecule has 0 saturated carbocycles. The number of rotatable bonds is 7. The van der Waals surface area contributed by atoms with Gasteiger partial charge in [0.05, 0.1) is 22.4 Å². The largest absolute Gasteiger partial charge is 0.454 e. The van der Waals surface area contributed by atoms with E-state index in [4.69, 9.17) is 4.42 Å². The van der Waals surface area contributed by atoms with Crippen molar-refractivity contribution >= 4 is 60.8 Å². The van der Waals surface area contributed by atoms with E-state index in [1.54, 1.807) is 0 Å². The number of nitrogens with zero attached hydrogens (tertiary/aromatic N) is 2. The number of hydrogen-bond donors (Lipinski definition) is 0. The van der Waals surface area contributed by atoms with Gasteiger partial charge < -0.3 is 13.9 Å². The van der Waals surface area contributed by atoms with Crippen LogP contribution in [0.2, 0.25) is 0 Å². The predicted molar refractivity (Wildman–Crippen MR) is 239 cm³/mol. The number of para-hydroxylation sites is 5. The minimum atomic E-state index is 0.860. The van der Waals surface area contributed by atoms with Crippen LogP contribution in [0.3, 0.4) is 0 Å². The maximum absolute atomic E-state index is 6.63. The molecular formula is C54H36N2O. The van der Waals surface area contributed by atoms with Crippen LogP contribution in [0.15, 0.2) is 223 Å². The molecule has 0 unspecified atom stereocenters. The minimum absolute atomic E-state index is 0.860. The number of anilines is 3. The van der Waals surface area contributed by atoms with Gasteiger partial charge >= 0.3 is 0 Å². The van der Waals surface area contributed by atoms with E-state index in [1.807, 2.05) is 12.1 Å². The van der Waals surface area contributed by atoms with Gasteiger partial charge in [-0.2, -0.15) is 0 Å². The van der Waals surface area contributed by atoms with Crippen LogP contribution in [-0.2, 0) is 0 Å². The van der Waals surface area contributed by atoms with Gasteiger partial charge in [-0.15, -0.1) is 0 Å². The van der Waals surface area contributed by atoms with Crippen LogP contribution in [0.5, 0.6) is 0 Å². The van der Waals surface area contributed by atoms with Crippen LogP contribution in [0, 0.1) is 0 Å². The highest BCUT2D eigenvalue weighted by Crippen LogP contribution is 2.44. The van der Waals surface area contributed by atoms with Gasteiger partial charge in [-0.1, -0.05) is 158 Å². The number of furan rings is 1. The number of hydrogen-bond acceptors (Lipinski definition) is 2. The zero-order valence-electron chi connectivity index (χ0n) is 31.1. The molecule has 0 bridgehead atoms. The summed E-state index contributed by atoms with van der Waals surface area (Å²) in [6.45, 7) is 0. The maximum atomic E-state index is 6.63. The summed E-state index contributed by atoms with van der Waals surface area (Å²) in [4.78, 5) is 2.32. The van der Waals surface area contributed by atoms with E-state index in [0.717, 1.165) is 55.8 Å². The molecule has 0 radical (unpaired) electrons. The second-order valence-electron chi connectivity index (χ2n) is 14.5. The summed E-state index contributed by atoms with van der Waals surface area (Å²) < 4.78 is 9.03. The SMILES string of the molecule is c1ccc(-c2cccc(-c3ccc(N(c4ccc(-c5ccccc5-n5c6ccccc6c6ccccc65)cc4)c4cccc5c4oc4ccccc45)cc3)c2)cc1. The van der Waals surface area contributed by atoms with Gasteiger partial charge in [0.1, 0.15) is 5.58 Å². The molecule has 0 N–H and O–H groups in total. The van der Waals surface area contributed by atoms with Crippen LogP contribution < -0.4 is 4.90 Å². The number of fused-ring (bicyclic) bond motifs is 6. The van der Waals surface area contributed by atoms with E-state index in [9.17, 15) is 0 Å². The molecule has 0 saturated heterocycles. The van der Waals surface area contributed by atoms with E-state index in [0.29, 0.717) is 0 Å². The molecule has 0 atom stereocenters. The molecule has 57 heavy (non-hydrogen) atoms. The standard InChI is InChI=1S/C54H36N2O/c1-2-14-37(15-3-1)40-16-12-17-41(36-40)38-28-32-42(33-29-38)55(52-26-13-22-48-47-21-7-11-27-53(47)57-54(48)52)43-34-30-39(31-35-43)44-18-4-8-23-49(44)56-50-24-9-5-19-45(50)46-20-6-10-25-51(46)56/h1-36H. The van der Waals surface area contributed by atoms with Gasteiger partial charge in [0.15, 0.2) is 5.58 Å². The van der Waals surface area contributed by atoms with Gasteiger partial charge in [0.25, 0.3) is 0 Å². The molecule has 0 spiro atoms. The fourth-order valence-corrected chi connectivity index (χ4v) is 8.53. The minimum Gasteiger partial charge on any atom is -0.454 e. The lowest BCUT2D eigenvalue weighted by atomic mass is 9.98. The Hall–Kier alpha value is -7.62. The van der Waals surface area contributed by atoms with Crippen molar-refractivity contribution < 1.29 is 4.42 Å². The Morgan fingerprint density at radius 1 is 0.351 bits per heavy atom. The zero-order chi connectivity index (χ0) is 37.7. The molecule has 2 heterocycles. The first kappa shape index (κ1) is 32.8. The molecule has 268 valence electrons. The molecule has 11 aromatic rings. The van der Waals surface area contributed by atoms with Gasteiger partial charge in [-0.05, 0) is 88.5 Å². The van der Waals surface area contributed by atoms with Crippen LogP contribution in [0.4, 0.5) is 17.1 Å². The van der Waals surface area contributed by atoms with Crippen LogP contribution in [-0.4, -0.2) is 4.57 Å². The molecule has 9 aromatic carbocycles. The Morgan fingerprint density at radius 2 is 0.860 bits per heavy atom. The zero-order valence-corrected chi connectivity index (χ0v) is 31.1. The molecule has 0 fully saturated rings. The lowest BCUT2D eigenvalue weighted by Gasteiger charge is -2.26. The van der Waals surface area contributed by atoms with Crippen LogP contribution in [0.25, 0.3) is 82.8 Å². The van der Waals surface area contributed by atoms with E-state index < -0.39 is 0 Å². The van der Waals surface area contributed by atoms with Crippen molar-refractivity contribution in [1.29, 1.82) is 0 Å². The second kappa shape index (κ2) is 13.6. The lowest BCUT2D eigenvalue weighted by molar-refractivity contribution is 0.669. The van der Waals surface area contributed by atoms with Crippen LogP contribution in [0.1, 0.15) is 0 Å². The van der Waals surface area contributed by atoms with Crippen molar-refractivity contribution in [2.24, 2.45) is 0 Å². The molecule has 0 amide bonds. The lowest BCUT2D eigenvalue weighted by Crippen LogP contribution is -2.10. The van der Waals surface area contributed by atoms with Crippen molar-refractivity contribution in [3.63, 3.8) is 0 Å². The monoisotopic (exact) mass is 728 g/mol. The van der Waals surface area contributed by atoms with Crippen molar-refractivity contribution in [2.75, 3.05) is 4.90 Å². The fourth-order valence-electron chi connectivity index (χ4n) is 8.53. The third-order valence-electron chi connectivity index (χ3n) is 11.2. The highest BCUT2D eigenvalue weighted by atomic mass is 16.3. The molecule has 2 aromatic heterocycles. The Morgan fingerprint density at radius 3 is 1.56 bits per heavy atom. The molecule has 0 aliphatic heterocycles. The van der Waals surface area contributed by atoms with Crippen molar-refractivity contribution in [2.45, 2.75) is 0 Å². The van der Waals surface area contributed by atoms with Gasteiger partial charge in [-0.3, -0.25) is 0 Å². The summed E-state index contributed by atoms with van der Waals surface area (Å²) in [5.41, 5.74) is 15.4. The average Bonchev–Trinajstić information content (AvgIpc) is 3.84. The Kier molecular flexibility index (Phi) is 7.82. The molecule has 0 aliphatic rings. The van der Waals surface area contributed by atoms with Crippen molar-refractivity contribution in [1.82, 2.24) is 4.57 Å². The van der Waals surface area contributed by atoms with E-state index in [2.05, 4.69) is 216 Å². The van der Waals surface area contributed by atoms with Gasteiger partial charge in [0.2, 0.25) is 0 Å². The van der Waals surface area contributed by atoms with Crippen molar-refractivity contribution in [3.8, 4) is 39.1 Å². The maximum Gasteiger partial charge on any atom is 0.159 e. The summed E-state index contributed by atoms with van der Waals surface area (Å²) in [6, 6.07) is 78.0. The van der Waals surface area contributed by atoms with E-state index in [1.165, 1.54) is 44.1 Å². The number of benzene rings is 9. The Bertz CT molecular complexity index is 3170. The second-order valence-corrected chi connectivity index (χ2v) is 14.5. The third kappa shape index (κ3) is 5.60. The van der Waals surface area contributed by atoms with Crippen LogP contribution >= 0.6 is 0 Å². The topological polar surface area (TPSA) is 21.3 Å². The highest BCUT2D eigenvalue weighted by molar-refractivity contribution is 6.11. The summed E-state index contributed by atoms with van der Waals surface area (Å²) in [5.74, 6) is 0. The van der Waals surface area contributed by atoms with E-state index >= 15 is 0 Å². The first-order valence-electron chi connectivity index (χ1n) is 19.4. The first-order chi connectivity index (χ1) is 28.3.